The Labute approximate surface area is 107 Å². The molecular weight excluding hydrogens is 245 g/mol. The molecule has 1 heterocycles. The molecule has 0 aromatic carbocycles. The standard InChI is InChI=1S/C11H19Cl2N3/c1-4-15(7-6-12)8-10-11(13)9(3)14-16(10)5-2/h4-8H2,1-3H3. The zero-order valence-corrected chi connectivity index (χ0v) is 11.6. The minimum Gasteiger partial charge on any atom is -0.297 e. The second kappa shape index (κ2) is 6.48. The molecule has 0 aliphatic rings. The van der Waals surface area contributed by atoms with Gasteiger partial charge in [0, 0.05) is 25.5 Å². The van der Waals surface area contributed by atoms with Gasteiger partial charge in [0.25, 0.3) is 0 Å². The number of hydrogen-bond acceptors (Lipinski definition) is 2. The molecule has 1 aromatic rings. The van der Waals surface area contributed by atoms with E-state index < -0.39 is 0 Å². The molecule has 92 valence electrons. The molecule has 0 N–H and O–H groups in total. The van der Waals surface area contributed by atoms with Crippen LogP contribution in [0.1, 0.15) is 25.2 Å². The fourth-order valence-electron chi connectivity index (χ4n) is 1.70. The summed E-state index contributed by atoms with van der Waals surface area (Å²) < 4.78 is 1.97. The van der Waals surface area contributed by atoms with E-state index in [4.69, 9.17) is 23.2 Å². The lowest BCUT2D eigenvalue weighted by molar-refractivity contribution is 0.287. The number of rotatable bonds is 6. The molecule has 5 heteroatoms. The summed E-state index contributed by atoms with van der Waals surface area (Å²) in [5.41, 5.74) is 1.99. The second-order valence-electron chi connectivity index (χ2n) is 3.72. The van der Waals surface area contributed by atoms with Crippen LogP contribution in [0.2, 0.25) is 5.02 Å². The number of hydrogen-bond donors (Lipinski definition) is 0. The summed E-state index contributed by atoms with van der Waals surface area (Å²) in [6.07, 6.45) is 0. The molecule has 1 aromatic heterocycles. The molecule has 0 radical (unpaired) electrons. The van der Waals surface area contributed by atoms with E-state index in [1.165, 1.54) is 0 Å². The van der Waals surface area contributed by atoms with Crippen LogP contribution in [0, 0.1) is 6.92 Å². The lowest BCUT2D eigenvalue weighted by atomic mass is 10.3. The highest BCUT2D eigenvalue weighted by Gasteiger charge is 2.14. The molecule has 0 atom stereocenters. The molecule has 0 saturated heterocycles. The van der Waals surface area contributed by atoms with Gasteiger partial charge in [0.2, 0.25) is 0 Å². The Morgan fingerprint density at radius 1 is 1.38 bits per heavy atom. The summed E-state index contributed by atoms with van der Waals surface area (Å²) in [7, 11) is 0. The minimum atomic E-state index is 0.644. The van der Waals surface area contributed by atoms with Gasteiger partial charge in [-0.2, -0.15) is 5.10 Å². The van der Waals surface area contributed by atoms with Crippen molar-refractivity contribution in [2.75, 3.05) is 19.0 Å². The van der Waals surface area contributed by atoms with E-state index in [1.807, 2.05) is 11.6 Å². The second-order valence-corrected chi connectivity index (χ2v) is 4.48. The average molecular weight is 264 g/mol. The molecule has 0 saturated carbocycles. The van der Waals surface area contributed by atoms with Crippen molar-refractivity contribution in [2.24, 2.45) is 0 Å². The highest BCUT2D eigenvalue weighted by Crippen LogP contribution is 2.21. The predicted molar refractivity (Wildman–Crippen MR) is 69.3 cm³/mol. The van der Waals surface area contributed by atoms with Gasteiger partial charge in [-0.1, -0.05) is 18.5 Å². The fourth-order valence-corrected chi connectivity index (χ4v) is 2.13. The lowest BCUT2D eigenvalue weighted by Crippen LogP contribution is -2.26. The van der Waals surface area contributed by atoms with Gasteiger partial charge in [-0.15, -0.1) is 11.6 Å². The van der Waals surface area contributed by atoms with Crippen LogP contribution in [-0.2, 0) is 13.1 Å². The van der Waals surface area contributed by atoms with E-state index in [-0.39, 0.29) is 0 Å². The van der Waals surface area contributed by atoms with Gasteiger partial charge < -0.3 is 0 Å². The molecule has 0 fully saturated rings. The number of aryl methyl sites for hydroxylation is 2. The Hall–Kier alpha value is -0.250. The summed E-state index contributed by atoms with van der Waals surface area (Å²) >= 11 is 12.0. The van der Waals surface area contributed by atoms with E-state index >= 15 is 0 Å². The van der Waals surface area contributed by atoms with Crippen LogP contribution in [0.3, 0.4) is 0 Å². The summed E-state index contributed by atoms with van der Waals surface area (Å²) in [5, 5.41) is 5.19. The first kappa shape index (κ1) is 13.8. The highest BCUT2D eigenvalue weighted by molar-refractivity contribution is 6.31. The number of nitrogens with zero attached hydrogens (tertiary/aromatic N) is 3. The first-order valence-corrected chi connectivity index (χ1v) is 6.55. The van der Waals surface area contributed by atoms with Gasteiger partial charge in [0.05, 0.1) is 16.4 Å². The van der Waals surface area contributed by atoms with Crippen LogP contribution in [0.4, 0.5) is 0 Å². The van der Waals surface area contributed by atoms with Crippen molar-refractivity contribution >= 4 is 23.2 Å². The molecule has 0 bridgehead atoms. The largest absolute Gasteiger partial charge is 0.297 e. The Bertz CT molecular complexity index is 336. The lowest BCUT2D eigenvalue weighted by Gasteiger charge is -2.19. The maximum absolute atomic E-state index is 6.25. The number of alkyl halides is 1. The topological polar surface area (TPSA) is 21.1 Å². The normalized spacial score (nSPS) is 11.4. The van der Waals surface area contributed by atoms with Crippen LogP contribution in [-0.4, -0.2) is 33.6 Å². The first-order valence-electron chi connectivity index (χ1n) is 5.64. The number of aromatic nitrogens is 2. The van der Waals surface area contributed by atoms with Crippen molar-refractivity contribution < 1.29 is 0 Å². The van der Waals surface area contributed by atoms with Crippen molar-refractivity contribution in [3.63, 3.8) is 0 Å². The molecule has 0 amide bonds. The van der Waals surface area contributed by atoms with Gasteiger partial charge in [0.15, 0.2) is 0 Å². The molecule has 0 aliphatic carbocycles. The van der Waals surface area contributed by atoms with E-state index in [0.717, 1.165) is 42.6 Å². The molecular formula is C11H19Cl2N3. The van der Waals surface area contributed by atoms with Crippen molar-refractivity contribution in [1.82, 2.24) is 14.7 Å². The Balaban J connectivity index is 2.85. The molecule has 1 rings (SSSR count). The van der Waals surface area contributed by atoms with E-state index in [9.17, 15) is 0 Å². The first-order chi connectivity index (χ1) is 7.63. The van der Waals surface area contributed by atoms with Crippen molar-refractivity contribution in [2.45, 2.75) is 33.9 Å². The van der Waals surface area contributed by atoms with Crippen LogP contribution < -0.4 is 0 Å². The van der Waals surface area contributed by atoms with Gasteiger partial charge in [-0.05, 0) is 20.4 Å². The molecule has 0 aliphatic heterocycles. The van der Waals surface area contributed by atoms with Gasteiger partial charge in [0.1, 0.15) is 0 Å². The molecule has 0 unspecified atom stereocenters. The fraction of sp³-hybridized carbons (Fsp3) is 0.727. The zero-order valence-electron chi connectivity index (χ0n) is 10.1. The summed E-state index contributed by atoms with van der Waals surface area (Å²) in [6.45, 7) is 9.65. The van der Waals surface area contributed by atoms with Crippen LogP contribution >= 0.6 is 23.2 Å². The summed E-state index contributed by atoms with van der Waals surface area (Å²) in [5.74, 6) is 0.644. The predicted octanol–water partition coefficient (Wildman–Crippen LogP) is 2.93. The third kappa shape index (κ3) is 3.12. The minimum absolute atomic E-state index is 0.644. The monoisotopic (exact) mass is 263 g/mol. The van der Waals surface area contributed by atoms with Gasteiger partial charge in [-0.3, -0.25) is 9.58 Å². The third-order valence-electron chi connectivity index (χ3n) is 2.67. The Morgan fingerprint density at radius 3 is 2.56 bits per heavy atom. The quantitative estimate of drug-likeness (QED) is 0.736. The summed E-state index contributed by atoms with van der Waals surface area (Å²) in [4.78, 5) is 2.27. The smallest absolute Gasteiger partial charge is 0.0860 e. The van der Waals surface area contributed by atoms with E-state index in [0.29, 0.717) is 5.88 Å². The Morgan fingerprint density at radius 2 is 2.06 bits per heavy atom. The van der Waals surface area contributed by atoms with Crippen molar-refractivity contribution in [3.05, 3.63) is 16.4 Å². The summed E-state index contributed by atoms with van der Waals surface area (Å²) in [6, 6.07) is 0. The maximum atomic E-state index is 6.25. The van der Waals surface area contributed by atoms with Crippen molar-refractivity contribution in [3.8, 4) is 0 Å². The maximum Gasteiger partial charge on any atom is 0.0860 e. The molecule has 16 heavy (non-hydrogen) atoms. The van der Waals surface area contributed by atoms with Crippen molar-refractivity contribution in [1.29, 1.82) is 0 Å². The van der Waals surface area contributed by atoms with Gasteiger partial charge in [-0.25, -0.2) is 0 Å². The zero-order chi connectivity index (χ0) is 12.1. The van der Waals surface area contributed by atoms with Crippen LogP contribution in [0.25, 0.3) is 0 Å². The third-order valence-corrected chi connectivity index (χ3v) is 3.33. The Kier molecular flexibility index (Phi) is 5.59. The van der Waals surface area contributed by atoms with Crippen LogP contribution in [0.15, 0.2) is 0 Å². The highest BCUT2D eigenvalue weighted by atomic mass is 35.5. The van der Waals surface area contributed by atoms with Gasteiger partial charge >= 0.3 is 0 Å². The molecule has 0 spiro atoms. The SMILES string of the molecule is CCN(CCCl)Cc1c(Cl)c(C)nn1CC. The van der Waals surface area contributed by atoms with Crippen LogP contribution in [0.5, 0.6) is 0 Å². The number of halogens is 2. The van der Waals surface area contributed by atoms with E-state index in [1.54, 1.807) is 0 Å². The van der Waals surface area contributed by atoms with E-state index in [2.05, 4.69) is 23.8 Å². The average Bonchev–Trinajstić information content (AvgIpc) is 2.55. The molecule has 3 nitrogen and oxygen atoms in total.